The summed E-state index contributed by atoms with van der Waals surface area (Å²) in [5.74, 6) is -0.410. The first-order valence-electron chi connectivity index (χ1n) is 10.0. The van der Waals surface area contributed by atoms with E-state index in [-0.39, 0.29) is 23.4 Å². The molecule has 2 amide bonds. The Balaban J connectivity index is 1.44. The van der Waals surface area contributed by atoms with E-state index < -0.39 is 16.1 Å². The molecule has 1 aromatic rings. The van der Waals surface area contributed by atoms with Crippen molar-refractivity contribution in [1.29, 1.82) is 0 Å². The maximum absolute atomic E-state index is 12.8. The SMILES string of the molecule is O=C(CN1CCCC(NS(=O)(=O)c2cc3c([nH]2)CCC(Cl)=C3)C1=O)N1CCCC1. The van der Waals surface area contributed by atoms with Gasteiger partial charge in [-0.05, 0) is 56.2 Å². The van der Waals surface area contributed by atoms with Gasteiger partial charge in [-0.25, -0.2) is 8.42 Å². The number of halogens is 1. The zero-order chi connectivity index (χ0) is 20.6. The molecule has 2 N–H and O–H groups in total. The van der Waals surface area contributed by atoms with Crippen LogP contribution in [0.15, 0.2) is 16.1 Å². The first-order valence-corrected chi connectivity index (χ1v) is 11.9. The molecule has 0 spiro atoms. The summed E-state index contributed by atoms with van der Waals surface area (Å²) in [6.07, 6.45) is 6.11. The second-order valence-corrected chi connectivity index (χ2v) is 9.99. The smallest absolute Gasteiger partial charge is 0.256 e. The van der Waals surface area contributed by atoms with Gasteiger partial charge in [-0.15, -0.1) is 0 Å². The molecule has 158 valence electrons. The number of carbonyl (C=O) groups excluding carboxylic acids is 2. The lowest BCUT2D eigenvalue weighted by Crippen LogP contribution is -2.54. The second-order valence-electron chi connectivity index (χ2n) is 7.82. The van der Waals surface area contributed by atoms with Crippen LogP contribution in [-0.4, -0.2) is 67.2 Å². The number of amides is 2. The van der Waals surface area contributed by atoms with Crippen LogP contribution in [0.2, 0.25) is 0 Å². The van der Waals surface area contributed by atoms with Crippen LogP contribution in [0.25, 0.3) is 6.08 Å². The lowest BCUT2D eigenvalue weighted by molar-refractivity contribution is -0.142. The number of aromatic nitrogens is 1. The lowest BCUT2D eigenvalue weighted by Gasteiger charge is -2.33. The highest BCUT2D eigenvalue weighted by molar-refractivity contribution is 7.89. The fourth-order valence-electron chi connectivity index (χ4n) is 4.14. The van der Waals surface area contributed by atoms with Crippen molar-refractivity contribution >= 4 is 39.5 Å². The van der Waals surface area contributed by atoms with Gasteiger partial charge in [-0.2, -0.15) is 4.72 Å². The van der Waals surface area contributed by atoms with Gasteiger partial charge in [0.05, 0.1) is 6.54 Å². The zero-order valence-electron chi connectivity index (χ0n) is 16.1. The third-order valence-corrected chi connectivity index (χ3v) is 7.43. The standard InChI is InChI=1S/C19H25ClN4O4S/c20-14-5-6-15-13(10-14)11-17(21-15)29(27,28)22-16-4-3-9-24(19(16)26)12-18(25)23-7-1-2-8-23/h10-11,16,21-22H,1-9,12H2. The molecule has 3 heterocycles. The number of sulfonamides is 1. The normalized spacial score (nSPS) is 22.6. The summed E-state index contributed by atoms with van der Waals surface area (Å²) in [7, 11) is -3.89. The maximum Gasteiger partial charge on any atom is 0.256 e. The van der Waals surface area contributed by atoms with Gasteiger partial charge in [0.1, 0.15) is 11.1 Å². The Morgan fingerprint density at radius 2 is 1.97 bits per heavy atom. The molecule has 1 atom stereocenters. The first kappa shape index (κ1) is 20.4. The van der Waals surface area contributed by atoms with E-state index in [0.29, 0.717) is 37.3 Å². The van der Waals surface area contributed by atoms with Gasteiger partial charge in [0, 0.05) is 30.4 Å². The molecule has 0 saturated carbocycles. The summed E-state index contributed by atoms with van der Waals surface area (Å²) in [5, 5.41) is 0.720. The fourth-order valence-corrected chi connectivity index (χ4v) is 5.61. The average Bonchev–Trinajstić information content (AvgIpc) is 3.34. The number of rotatable bonds is 5. The molecular formula is C19H25ClN4O4S. The van der Waals surface area contributed by atoms with Crippen molar-refractivity contribution in [2.75, 3.05) is 26.2 Å². The highest BCUT2D eigenvalue weighted by atomic mass is 35.5. The summed E-state index contributed by atoms with van der Waals surface area (Å²) in [6.45, 7) is 1.94. The molecule has 0 bridgehead atoms. The molecule has 1 aliphatic carbocycles. The number of likely N-dealkylation sites (tertiary alicyclic amines) is 2. The number of carbonyl (C=O) groups is 2. The van der Waals surface area contributed by atoms with E-state index in [0.717, 1.165) is 37.2 Å². The third-order valence-electron chi connectivity index (χ3n) is 5.74. The monoisotopic (exact) mass is 440 g/mol. The predicted molar refractivity (Wildman–Crippen MR) is 109 cm³/mol. The number of nitrogens with zero attached hydrogens (tertiary/aromatic N) is 2. The first-order chi connectivity index (χ1) is 13.8. The summed E-state index contributed by atoms with van der Waals surface area (Å²) in [6, 6.07) is 0.681. The molecule has 3 aliphatic rings. The van der Waals surface area contributed by atoms with E-state index >= 15 is 0 Å². The Bertz CT molecular complexity index is 949. The molecular weight excluding hydrogens is 416 g/mol. The number of piperidine rings is 1. The number of aromatic amines is 1. The van der Waals surface area contributed by atoms with Crippen molar-refractivity contribution in [3.63, 3.8) is 0 Å². The second kappa shape index (κ2) is 8.12. The molecule has 2 saturated heterocycles. The van der Waals surface area contributed by atoms with E-state index in [1.807, 2.05) is 0 Å². The zero-order valence-corrected chi connectivity index (χ0v) is 17.7. The van der Waals surface area contributed by atoms with Gasteiger partial charge in [-0.3, -0.25) is 9.59 Å². The van der Waals surface area contributed by atoms with Crippen molar-refractivity contribution in [2.45, 2.75) is 49.6 Å². The van der Waals surface area contributed by atoms with E-state index in [1.165, 1.54) is 4.90 Å². The van der Waals surface area contributed by atoms with Crippen LogP contribution >= 0.6 is 11.6 Å². The molecule has 10 heteroatoms. The Morgan fingerprint density at radius 1 is 1.21 bits per heavy atom. The van der Waals surface area contributed by atoms with Crippen molar-refractivity contribution in [1.82, 2.24) is 19.5 Å². The number of H-pyrrole nitrogens is 1. The molecule has 1 unspecified atom stereocenters. The van der Waals surface area contributed by atoms with Gasteiger partial charge >= 0.3 is 0 Å². The molecule has 4 rings (SSSR count). The quantitative estimate of drug-likeness (QED) is 0.722. The number of nitrogens with one attached hydrogen (secondary N) is 2. The van der Waals surface area contributed by atoms with Gasteiger partial charge in [-0.1, -0.05) is 11.6 Å². The van der Waals surface area contributed by atoms with Gasteiger partial charge in [0.15, 0.2) is 0 Å². The van der Waals surface area contributed by atoms with Crippen LogP contribution in [0.3, 0.4) is 0 Å². The minimum absolute atomic E-state index is 0.0111. The van der Waals surface area contributed by atoms with Crippen molar-refractivity contribution in [2.24, 2.45) is 0 Å². The molecule has 0 radical (unpaired) electrons. The van der Waals surface area contributed by atoms with E-state index in [4.69, 9.17) is 11.6 Å². The fraction of sp³-hybridized carbons (Fsp3) is 0.579. The predicted octanol–water partition coefficient (Wildman–Crippen LogP) is 1.43. The third kappa shape index (κ3) is 4.36. The van der Waals surface area contributed by atoms with Gasteiger partial charge in [0.2, 0.25) is 11.8 Å². The Morgan fingerprint density at radius 3 is 2.72 bits per heavy atom. The number of aryl methyl sites for hydroxylation is 1. The number of fused-ring (bicyclic) bond motifs is 1. The maximum atomic E-state index is 12.8. The van der Waals surface area contributed by atoms with Crippen LogP contribution in [0.5, 0.6) is 0 Å². The minimum Gasteiger partial charge on any atom is -0.348 e. The topological polar surface area (TPSA) is 103 Å². The molecule has 8 nitrogen and oxygen atoms in total. The summed E-state index contributed by atoms with van der Waals surface area (Å²) in [5.41, 5.74) is 1.58. The van der Waals surface area contributed by atoms with Crippen molar-refractivity contribution in [3.8, 4) is 0 Å². The Kier molecular flexibility index (Phi) is 5.72. The summed E-state index contributed by atoms with van der Waals surface area (Å²) in [4.78, 5) is 31.4. The van der Waals surface area contributed by atoms with Crippen molar-refractivity contribution in [3.05, 3.63) is 22.4 Å². The average molecular weight is 441 g/mol. The number of allylic oxidation sites excluding steroid dienone is 1. The van der Waals surface area contributed by atoms with Crippen LogP contribution in [0.4, 0.5) is 0 Å². The summed E-state index contributed by atoms with van der Waals surface area (Å²) >= 11 is 6.05. The van der Waals surface area contributed by atoms with Crippen LogP contribution in [-0.2, 0) is 26.0 Å². The van der Waals surface area contributed by atoms with Crippen LogP contribution in [0, 0.1) is 0 Å². The molecule has 0 aromatic carbocycles. The van der Waals surface area contributed by atoms with Crippen LogP contribution in [0.1, 0.15) is 43.4 Å². The highest BCUT2D eigenvalue weighted by Crippen LogP contribution is 2.28. The summed E-state index contributed by atoms with van der Waals surface area (Å²) < 4.78 is 28.2. The minimum atomic E-state index is -3.89. The van der Waals surface area contributed by atoms with E-state index in [2.05, 4.69) is 9.71 Å². The number of hydrogen-bond donors (Lipinski definition) is 2. The van der Waals surface area contributed by atoms with Crippen LogP contribution < -0.4 is 4.72 Å². The van der Waals surface area contributed by atoms with Gasteiger partial charge in [0.25, 0.3) is 10.0 Å². The van der Waals surface area contributed by atoms with E-state index in [9.17, 15) is 18.0 Å². The largest absolute Gasteiger partial charge is 0.348 e. The Labute approximate surface area is 175 Å². The Hall–Kier alpha value is -1.84. The number of hydrogen-bond acceptors (Lipinski definition) is 4. The molecule has 1 aromatic heterocycles. The molecule has 2 fully saturated rings. The highest BCUT2D eigenvalue weighted by Gasteiger charge is 2.35. The van der Waals surface area contributed by atoms with Gasteiger partial charge < -0.3 is 14.8 Å². The molecule has 29 heavy (non-hydrogen) atoms. The van der Waals surface area contributed by atoms with Crippen molar-refractivity contribution < 1.29 is 18.0 Å². The lowest BCUT2D eigenvalue weighted by atomic mass is 10.1. The van der Waals surface area contributed by atoms with E-state index in [1.54, 1.807) is 17.0 Å². The molecule has 2 aliphatic heterocycles.